The third-order valence-electron chi connectivity index (χ3n) is 4.94. The summed E-state index contributed by atoms with van der Waals surface area (Å²) in [5.74, 6) is -1.46. The van der Waals surface area contributed by atoms with Crippen LogP contribution in [0.2, 0.25) is 5.02 Å². The molecule has 1 aliphatic rings. The van der Waals surface area contributed by atoms with Crippen molar-refractivity contribution in [3.63, 3.8) is 0 Å². The summed E-state index contributed by atoms with van der Waals surface area (Å²) in [4.78, 5) is 20.6. The largest absolute Gasteiger partial charge is 0.495 e. The van der Waals surface area contributed by atoms with Crippen LogP contribution < -0.4 is 15.8 Å². The molecule has 30 heavy (non-hydrogen) atoms. The third kappa shape index (κ3) is 3.97. The Morgan fingerprint density at radius 3 is 2.63 bits per heavy atom. The van der Waals surface area contributed by atoms with E-state index in [1.807, 2.05) is 0 Å². The second kappa shape index (κ2) is 7.84. The van der Waals surface area contributed by atoms with Gasteiger partial charge in [-0.3, -0.25) is 9.79 Å². The van der Waals surface area contributed by atoms with E-state index in [4.69, 9.17) is 22.1 Å². The van der Waals surface area contributed by atoms with Gasteiger partial charge in [-0.05, 0) is 38.1 Å². The number of carbonyl (C=O) groups is 1. The van der Waals surface area contributed by atoms with Gasteiger partial charge in [0.05, 0.1) is 30.1 Å². The summed E-state index contributed by atoms with van der Waals surface area (Å²) in [6.07, 6.45) is 1.38. The fourth-order valence-corrected chi connectivity index (χ4v) is 4.54. The number of aliphatic imine (C=N–C) groups is 1. The fraction of sp³-hybridized carbons (Fsp3) is 0.316. The number of sulfone groups is 1. The number of benzene rings is 1. The number of methoxy groups -OCH3 is 1. The van der Waals surface area contributed by atoms with Gasteiger partial charge >= 0.3 is 0 Å². The predicted octanol–water partition coefficient (Wildman–Crippen LogP) is 2.74. The monoisotopic (exact) mass is 454 g/mol. The van der Waals surface area contributed by atoms with Crippen LogP contribution in [0.3, 0.4) is 0 Å². The fourth-order valence-electron chi connectivity index (χ4n) is 2.85. The van der Waals surface area contributed by atoms with Crippen molar-refractivity contribution in [1.82, 2.24) is 4.98 Å². The number of nitrogens with zero attached hydrogens (tertiary/aromatic N) is 2. The Morgan fingerprint density at radius 1 is 1.37 bits per heavy atom. The van der Waals surface area contributed by atoms with Crippen LogP contribution in [0, 0.1) is 5.82 Å². The van der Waals surface area contributed by atoms with Gasteiger partial charge in [0.25, 0.3) is 5.91 Å². The van der Waals surface area contributed by atoms with Crippen LogP contribution in [-0.2, 0) is 9.84 Å². The summed E-state index contributed by atoms with van der Waals surface area (Å²) >= 11 is 5.98. The molecule has 11 heteroatoms. The van der Waals surface area contributed by atoms with E-state index >= 15 is 0 Å². The van der Waals surface area contributed by atoms with Crippen molar-refractivity contribution in [3.05, 3.63) is 52.6 Å². The normalized spacial score (nSPS) is 19.6. The molecule has 0 aliphatic carbocycles. The van der Waals surface area contributed by atoms with E-state index in [0.29, 0.717) is 5.75 Å². The van der Waals surface area contributed by atoms with Gasteiger partial charge in [0, 0.05) is 11.3 Å². The van der Waals surface area contributed by atoms with Gasteiger partial charge in [-0.1, -0.05) is 11.6 Å². The number of aromatic nitrogens is 1. The molecule has 0 bridgehead atoms. The first kappa shape index (κ1) is 22.0. The summed E-state index contributed by atoms with van der Waals surface area (Å²) in [7, 11) is -2.22. The second-order valence-electron chi connectivity index (χ2n) is 7.22. The maximum atomic E-state index is 14.7. The lowest BCUT2D eigenvalue weighted by atomic mass is 10.1. The summed E-state index contributed by atoms with van der Waals surface area (Å²) in [6.45, 7) is 2.89. The zero-order valence-corrected chi connectivity index (χ0v) is 18.0. The number of halogens is 2. The summed E-state index contributed by atoms with van der Waals surface area (Å²) < 4.78 is 43.5. The molecule has 1 amide bonds. The van der Waals surface area contributed by atoms with Crippen molar-refractivity contribution in [3.8, 4) is 5.75 Å². The number of pyridine rings is 1. The number of nitrogens with two attached hydrogens (primary N) is 1. The number of amidine groups is 1. The van der Waals surface area contributed by atoms with E-state index in [1.165, 1.54) is 45.4 Å². The van der Waals surface area contributed by atoms with Crippen LogP contribution in [0.15, 0.2) is 35.5 Å². The number of rotatable bonds is 4. The molecule has 1 aromatic heterocycles. The van der Waals surface area contributed by atoms with E-state index in [1.54, 1.807) is 6.07 Å². The second-order valence-corrected chi connectivity index (χ2v) is 10.2. The molecule has 160 valence electrons. The van der Waals surface area contributed by atoms with Crippen molar-refractivity contribution in [2.45, 2.75) is 24.6 Å². The lowest BCUT2D eigenvalue weighted by Gasteiger charge is -2.32. The van der Waals surface area contributed by atoms with Gasteiger partial charge in [-0.2, -0.15) is 0 Å². The lowest BCUT2D eigenvalue weighted by Crippen LogP contribution is -2.50. The summed E-state index contributed by atoms with van der Waals surface area (Å²) in [5.41, 5.74) is 6.03. The third-order valence-corrected chi connectivity index (χ3v) is 7.74. The first-order chi connectivity index (χ1) is 14.0. The Labute approximate surface area is 178 Å². The molecule has 0 radical (unpaired) electrons. The molecular weight excluding hydrogens is 435 g/mol. The standard InChI is InChI=1S/C19H20ClFN4O4S/c1-19(2)18(22)25-15(9-30(19,27)28)12-6-10(7-13(20)16(12)21)24-17(26)14-5-4-11(29-3)8-23-14/h4-8,15H,9H2,1-3H3,(H2,22,25)(H,24,26). The average Bonchev–Trinajstić information content (AvgIpc) is 2.68. The molecule has 3 N–H and O–H groups in total. The smallest absolute Gasteiger partial charge is 0.274 e. The van der Waals surface area contributed by atoms with Crippen LogP contribution >= 0.6 is 11.6 Å². The number of carbonyl (C=O) groups excluding carboxylic acids is 1. The Bertz CT molecular complexity index is 1130. The van der Waals surface area contributed by atoms with E-state index in [0.717, 1.165) is 0 Å². The SMILES string of the molecule is COc1ccc(C(=O)Nc2cc(Cl)c(F)c(C3CS(=O)(=O)C(C)(C)C(N)=N3)c2)nc1. The average molecular weight is 455 g/mol. The number of nitrogens with one attached hydrogen (secondary N) is 1. The number of amides is 1. The lowest BCUT2D eigenvalue weighted by molar-refractivity contribution is 0.102. The minimum absolute atomic E-state index is 0.0810. The van der Waals surface area contributed by atoms with E-state index in [-0.39, 0.29) is 27.8 Å². The van der Waals surface area contributed by atoms with Crippen molar-refractivity contribution in [1.29, 1.82) is 0 Å². The molecule has 2 heterocycles. The predicted molar refractivity (Wildman–Crippen MR) is 112 cm³/mol. The Hall–Kier alpha value is -2.72. The van der Waals surface area contributed by atoms with Crippen molar-refractivity contribution < 1.29 is 22.3 Å². The van der Waals surface area contributed by atoms with Crippen LogP contribution in [0.25, 0.3) is 0 Å². The Kier molecular flexibility index (Phi) is 5.74. The molecule has 0 saturated heterocycles. The van der Waals surface area contributed by atoms with Gasteiger partial charge in [0.1, 0.15) is 27.8 Å². The number of hydrogen-bond acceptors (Lipinski definition) is 7. The van der Waals surface area contributed by atoms with Gasteiger partial charge in [0.15, 0.2) is 9.84 Å². The van der Waals surface area contributed by atoms with Crippen molar-refractivity contribution in [2.24, 2.45) is 10.7 Å². The molecule has 0 spiro atoms. The molecular formula is C19H20ClFN4O4S. The molecule has 3 rings (SSSR count). The van der Waals surface area contributed by atoms with Crippen LogP contribution in [0.1, 0.15) is 35.9 Å². The molecule has 0 fully saturated rings. The minimum Gasteiger partial charge on any atom is -0.495 e. The summed E-state index contributed by atoms with van der Waals surface area (Å²) in [6, 6.07) is 4.45. The Balaban J connectivity index is 1.95. The Morgan fingerprint density at radius 2 is 2.07 bits per heavy atom. The van der Waals surface area contributed by atoms with Crippen molar-refractivity contribution >= 4 is 38.9 Å². The van der Waals surface area contributed by atoms with Gasteiger partial charge < -0.3 is 15.8 Å². The highest BCUT2D eigenvalue weighted by Crippen LogP contribution is 2.36. The van der Waals surface area contributed by atoms with Gasteiger partial charge in [-0.15, -0.1) is 0 Å². The highest BCUT2D eigenvalue weighted by molar-refractivity contribution is 7.93. The number of hydrogen-bond donors (Lipinski definition) is 2. The maximum absolute atomic E-state index is 14.7. The topological polar surface area (TPSA) is 124 Å². The minimum atomic E-state index is -3.70. The highest BCUT2D eigenvalue weighted by Gasteiger charge is 2.44. The van der Waals surface area contributed by atoms with E-state index in [9.17, 15) is 17.6 Å². The van der Waals surface area contributed by atoms with Crippen LogP contribution in [0.4, 0.5) is 10.1 Å². The molecule has 8 nitrogen and oxygen atoms in total. The van der Waals surface area contributed by atoms with Gasteiger partial charge in [-0.25, -0.2) is 17.8 Å². The van der Waals surface area contributed by atoms with Crippen LogP contribution in [-0.4, -0.2) is 42.8 Å². The summed E-state index contributed by atoms with van der Waals surface area (Å²) in [5, 5.41) is 2.28. The molecule has 1 atom stereocenters. The molecule has 2 aromatic rings. The van der Waals surface area contributed by atoms with E-state index in [2.05, 4.69) is 15.3 Å². The molecule has 1 aliphatic heterocycles. The number of anilines is 1. The maximum Gasteiger partial charge on any atom is 0.274 e. The zero-order valence-electron chi connectivity index (χ0n) is 16.4. The quantitative estimate of drug-likeness (QED) is 0.732. The van der Waals surface area contributed by atoms with Crippen LogP contribution in [0.5, 0.6) is 5.75 Å². The zero-order chi connectivity index (χ0) is 22.3. The highest BCUT2D eigenvalue weighted by atomic mass is 35.5. The van der Waals surface area contributed by atoms with Gasteiger partial charge in [0.2, 0.25) is 0 Å². The molecule has 0 saturated carbocycles. The molecule has 1 unspecified atom stereocenters. The number of ether oxygens (including phenoxy) is 1. The van der Waals surface area contributed by atoms with E-state index < -0.39 is 38.1 Å². The van der Waals surface area contributed by atoms with Crippen molar-refractivity contribution in [2.75, 3.05) is 18.2 Å². The molecule has 1 aromatic carbocycles. The first-order valence-corrected chi connectivity index (χ1v) is 10.9. The first-order valence-electron chi connectivity index (χ1n) is 8.82.